The SMILES string of the molecule is Cc1ccccc1/C=C/C(=O)N1CCC(C(=O)c2ccc3c(c2)OCCO3)CC1. The highest BCUT2D eigenvalue weighted by Crippen LogP contribution is 2.32. The topological polar surface area (TPSA) is 55.8 Å². The summed E-state index contributed by atoms with van der Waals surface area (Å²) in [7, 11) is 0. The Bertz CT molecular complexity index is 942. The maximum Gasteiger partial charge on any atom is 0.246 e. The molecule has 4 rings (SSSR count). The third-order valence-corrected chi connectivity index (χ3v) is 5.60. The van der Waals surface area contributed by atoms with Gasteiger partial charge in [-0.3, -0.25) is 9.59 Å². The van der Waals surface area contributed by atoms with Crippen molar-refractivity contribution in [3.63, 3.8) is 0 Å². The number of hydrogen-bond donors (Lipinski definition) is 0. The van der Waals surface area contributed by atoms with Gasteiger partial charge in [0.15, 0.2) is 17.3 Å². The number of carbonyl (C=O) groups excluding carboxylic acids is 2. The molecule has 0 radical (unpaired) electrons. The largest absolute Gasteiger partial charge is 0.486 e. The van der Waals surface area contributed by atoms with E-state index in [1.54, 1.807) is 24.3 Å². The average molecular weight is 391 g/mol. The lowest BCUT2D eigenvalue weighted by Gasteiger charge is -2.30. The van der Waals surface area contributed by atoms with Crippen LogP contribution in [-0.2, 0) is 4.79 Å². The second-order valence-electron chi connectivity index (χ2n) is 7.51. The zero-order valence-corrected chi connectivity index (χ0v) is 16.6. The number of piperidine rings is 1. The summed E-state index contributed by atoms with van der Waals surface area (Å²) in [5, 5.41) is 0. The van der Waals surface area contributed by atoms with E-state index in [-0.39, 0.29) is 17.6 Å². The van der Waals surface area contributed by atoms with E-state index in [2.05, 4.69) is 0 Å². The van der Waals surface area contributed by atoms with Crippen LogP contribution >= 0.6 is 0 Å². The molecule has 1 saturated heterocycles. The highest BCUT2D eigenvalue weighted by Gasteiger charge is 2.28. The molecule has 0 unspecified atom stereocenters. The Balaban J connectivity index is 1.35. The Kier molecular flexibility index (Phi) is 5.65. The molecule has 2 aromatic carbocycles. The lowest BCUT2D eigenvalue weighted by Crippen LogP contribution is -2.39. The first kappa shape index (κ1) is 19.2. The highest BCUT2D eigenvalue weighted by atomic mass is 16.6. The Morgan fingerprint density at radius 1 is 1.00 bits per heavy atom. The van der Waals surface area contributed by atoms with E-state index in [4.69, 9.17) is 9.47 Å². The van der Waals surface area contributed by atoms with Crippen molar-refractivity contribution in [2.24, 2.45) is 5.92 Å². The molecule has 1 amide bonds. The van der Waals surface area contributed by atoms with Crippen molar-refractivity contribution < 1.29 is 19.1 Å². The van der Waals surface area contributed by atoms with Crippen LogP contribution in [0, 0.1) is 12.8 Å². The van der Waals surface area contributed by atoms with Gasteiger partial charge in [-0.2, -0.15) is 0 Å². The van der Waals surface area contributed by atoms with Gasteiger partial charge in [-0.1, -0.05) is 24.3 Å². The van der Waals surface area contributed by atoms with Crippen LogP contribution in [0.4, 0.5) is 0 Å². The lowest BCUT2D eigenvalue weighted by atomic mass is 9.88. The molecule has 2 aliphatic rings. The molecular formula is C24H25NO4. The molecule has 1 fully saturated rings. The van der Waals surface area contributed by atoms with Gasteiger partial charge >= 0.3 is 0 Å². The number of fused-ring (bicyclic) bond motifs is 1. The first-order valence-electron chi connectivity index (χ1n) is 10.1. The number of ketones is 1. The summed E-state index contributed by atoms with van der Waals surface area (Å²) in [6.07, 6.45) is 4.85. The van der Waals surface area contributed by atoms with Gasteiger partial charge < -0.3 is 14.4 Å². The fraction of sp³-hybridized carbons (Fsp3) is 0.333. The van der Waals surface area contributed by atoms with Gasteiger partial charge in [0.2, 0.25) is 5.91 Å². The Labute approximate surface area is 170 Å². The zero-order valence-electron chi connectivity index (χ0n) is 16.6. The summed E-state index contributed by atoms with van der Waals surface area (Å²) in [5.74, 6) is 1.37. The first-order valence-corrected chi connectivity index (χ1v) is 10.1. The molecule has 5 heteroatoms. The molecule has 0 atom stereocenters. The molecule has 150 valence electrons. The van der Waals surface area contributed by atoms with Gasteiger partial charge in [-0.25, -0.2) is 0 Å². The van der Waals surface area contributed by atoms with Crippen LogP contribution in [0.2, 0.25) is 0 Å². The van der Waals surface area contributed by atoms with E-state index in [9.17, 15) is 9.59 Å². The zero-order chi connectivity index (χ0) is 20.2. The van der Waals surface area contributed by atoms with Gasteiger partial charge in [0, 0.05) is 30.6 Å². The van der Waals surface area contributed by atoms with E-state index < -0.39 is 0 Å². The second-order valence-corrected chi connectivity index (χ2v) is 7.51. The minimum absolute atomic E-state index is 0.00141. The fourth-order valence-electron chi connectivity index (χ4n) is 3.83. The summed E-state index contributed by atoms with van der Waals surface area (Å²) < 4.78 is 11.1. The van der Waals surface area contributed by atoms with Gasteiger partial charge in [-0.15, -0.1) is 0 Å². The van der Waals surface area contributed by atoms with Crippen LogP contribution < -0.4 is 9.47 Å². The van der Waals surface area contributed by atoms with Crippen LogP contribution in [0.1, 0.15) is 34.3 Å². The molecule has 5 nitrogen and oxygen atoms in total. The van der Waals surface area contributed by atoms with Crippen LogP contribution in [0.15, 0.2) is 48.5 Å². The predicted molar refractivity (Wildman–Crippen MR) is 111 cm³/mol. The molecule has 29 heavy (non-hydrogen) atoms. The normalized spacial score (nSPS) is 16.8. The van der Waals surface area contributed by atoms with E-state index >= 15 is 0 Å². The number of hydrogen-bond acceptors (Lipinski definition) is 4. The number of ether oxygens (including phenoxy) is 2. The van der Waals surface area contributed by atoms with Gasteiger partial charge in [0.25, 0.3) is 0 Å². The number of rotatable bonds is 4. The van der Waals surface area contributed by atoms with Gasteiger partial charge in [0.1, 0.15) is 13.2 Å². The quantitative estimate of drug-likeness (QED) is 0.586. The van der Waals surface area contributed by atoms with E-state index in [0.717, 1.165) is 11.1 Å². The molecule has 2 aliphatic heterocycles. The molecule has 2 aromatic rings. The summed E-state index contributed by atoms with van der Waals surface area (Å²) >= 11 is 0. The number of nitrogens with zero attached hydrogens (tertiary/aromatic N) is 1. The number of amides is 1. The Morgan fingerprint density at radius 3 is 2.48 bits per heavy atom. The van der Waals surface area contributed by atoms with Crippen molar-refractivity contribution in [2.45, 2.75) is 19.8 Å². The number of benzene rings is 2. The van der Waals surface area contributed by atoms with Crippen LogP contribution in [0.5, 0.6) is 11.5 Å². The third kappa shape index (κ3) is 4.34. The van der Waals surface area contributed by atoms with Crippen LogP contribution in [-0.4, -0.2) is 42.9 Å². The number of aryl methyl sites for hydroxylation is 1. The van der Waals surface area contributed by atoms with Gasteiger partial charge in [0.05, 0.1) is 0 Å². The molecule has 0 aliphatic carbocycles. The van der Waals surface area contributed by atoms with Crippen LogP contribution in [0.25, 0.3) is 6.08 Å². The van der Waals surface area contributed by atoms with Crippen molar-refractivity contribution >= 4 is 17.8 Å². The fourth-order valence-corrected chi connectivity index (χ4v) is 3.83. The van der Waals surface area contributed by atoms with Crippen molar-refractivity contribution in [3.05, 3.63) is 65.2 Å². The minimum Gasteiger partial charge on any atom is -0.486 e. The minimum atomic E-state index is -0.0676. The maximum atomic E-state index is 12.9. The standard InChI is InChI=1S/C24H25NO4/c1-17-4-2-3-5-18(17)7-9-23(26)25-12-10-19(11-13-25)24(27)20-6-8-21-22(16-20)29-15-14-28-21/h2-9,16,19H,10-15H2,1H3/b9-7+. The molecule has 2 heterocycles. The summed E-state index contributed by atoms with van der Waals surface area (Å²) in [4.78, 5) is 27.2. The number of Topliss-reactive ketones (excluding diaryl/α,β-unsaturated/α-hetero) is 1. The second kappa shape index (κ2) is 8.52. The molecule has 0 saturated carbocycles. The van der Waals surface area contributed by atoms with Crippen molar-refractivity contribution in [1.82, 2.24) is 4.90 Å². The third-order valence-electron chi connectivity index (χ3n) is 5.60. The molecular weight excluding hydrogens is 366 g/mol. The molecule has 0 bridgehead atoms. The van der Waals surface area contributed by atoms with Crippen molar-refractivity contribution in [3.8, 4) is 11.5 Å². The van der Waals surface area contributed by atoms with Crippen LogP contribution in [0.3, 0.4) is 0 Å². The number of likely N-dealkylation sites (tertiary alicyclic amines) is 1. The Morgan fingerprint density at radius 2 is 1.72 bits per heavy atom. The summed E-state index contributed by atoms with van der Waals surface area (Å²) in [5.41, 5.74) is 2.84. The smallest absolute Gasteiger partial charge is 0.246 e. The van der Waals surface area contributed by atoms with E-state index in [1.165, 1.54) is 0 Å². The summed E-state index contributed by atoms with van der Waals surface area (Å²) in [6.45, 7) is 4.25. The maximum absolute atomic E-state index is 12.9. The molecule has 0 aromatic heterocycles. The monoisotopic (exact) mass is 391 g/mol. The predicted octanol–water partition coefficient (Wildman–Crippen LogP) is 3.90. The van der Waals surface area contributed by atoms with E-state index in [1.807, 2.05) is 42.2 Å². The van der Waals surface area contributed by atoms with Gasteiger partial charge in [-0.05, 0) is 55.2 Å². The molecule has 0 N–H and O–H groups in total. The number of carbonyl (C=O) groups is 2. The Hall–Kier alpha value is -3.08. The lowest BCUT2D eigenvalue weighted by molar-refractivity contribution is -0.127. The summed E-state index contributed by atoms with van der Waals surface area (Å²) in [6, 6.07) is 13.4. The van der Waals surface area contributed by atoms with E-state index in [0.29, 0.717) is 56.2 Å². The van der Waals surface area contributed by atoms with Crippen molar-refractivity contribution in [1.29, 1.82) is 0 Å². The highest BCUT2D eigenvalue weighted by molar-refractivity contribution is 5.99. The average Bonchev–Trinajstić information content (AvgIpc) is 2.77. The van der Waals surface area contributed by atoms with Crippen molar-refractivity contribution in [2.75, 3.05) is 26.3 Å². The molecule has 0 spiro atoms. The first-order chi connectivity index (χ1) is 14.1.